The van der Waals surface area contributed by atoms with Crippen LogP contribution in [-0.2, 0) is 6.42 Å². The largest absolute Gasteiger partial charge is 0.319 e. The average molecular weight is 492 g/mol. The molecule has 33 heavy (non-hydrogen) atoms. The second-order valence-electron chi connectivity index (χ2n) is 8.91. The van der Waals surface area contributed by atoms with Crippen LogP contribution >= 0.6 is 23.2 Å². The van der Waals surface area contributed by atoms with Crippen molar-refractivity contribution in [3.8, 4) is 0 Å². The number of nitrogens with one attached hydrogen (secondary N) is 1. The zero-order valence-electron chi connectivity index (χ0n) is 18.8. The third kappa shape index (κ3) is 5.88. The van der Waals surface area contributed by atoms with Crippen LogP contribution < -0.4 is 5.32 Å². The molecule has 3 aliphatic heterocycles. The summed E-state index contributed by atoms with van der Waals surface area (Å²) in [6, 6.07) is 8.53. The van der Waals surface area contributed by atoms with Crippen molar-refractivity contribution in [3.05, 3.63) is 61.6 Å². The van der Waals surface area contributed by atoms with Crippen LogP contribution in [0.5, 0.6) is 0 Å². The fraction of sp³-hybridized carbons (Fsp3) is 0.478. The van der Waals surface area contributed by atoms with Crippen LogP contribution in [0.2, 0.25) is 10.0 Å². The van der Waals surface area contributed by atoms with Crippen molar-refractivity contribution in [3.63, 3.8) is 0 Å². The highest BCUT2D eigenvalue weighted by molar-refractivity contribution is 6.39. The third-order valence-electron chi connectivity index (χ3n) is 6.76. The number of hydrogen-bond donors (Lipinski definition) is 1. The number of aryl methyl sites for hydroxylation is 1. The van der Waals surface area contributed by atoms with Crippen molar-refractivity contribution >= 4 is 40.3 Å². The van der Waals surface area contributed by atoms with Gasteiger partial charge in [-0.1, -0.05) is 35.3 Å². The summed E-state index contributed by atoms with van der Waals surface area (Å²) >= 11 is 12.2. The third-order valence-corrected chi connectivity index (χ3v) is 7.33. The first-order valence-electron chi connectivity index (χ1n) is 11.3. The molecule has 1 N–H and O–H groups in total. The minimum absolute atomic E-state index is 0.0928. The summed E-state index contributed by atoms with van der Waals surface area (Å²) < 4.78 is 1.28. The number of nitro groups is 1. The van der Waals surface area contributed by atoms with Gasteiger partial charge < -0.3 is 9.80 Å². The van der Waals surface area contributed by atoms with Gasteiger partial charge in [-0.3, -0.25) is 15.0 Å². The molecule has 3 aliphatic rings. The summed E-state index contributed by atoms with van der Waals surface area (Å²) in [6.07, 6.45) is 0.950. The summed E-state index contributed by atoms with van der Waals surface area (Å²) in [5.74, 6) is 0. The first-order chi connectivity index (χ1) is 15.8. The van der Waals surface area contributed by atoms with Crippen LogP contribution in [0.3, 0.4) is 0 Å². The number of benzene rings is 2. The van der Waals surface area contributed by atoms with E-state index in [1.165, 1.54) is 68.0 Å². The van der Waals surface area contributed by atoms with Crippen molar-refractivity contribution < 1.29 is 9.41 Å². The molecule has 2 aromatic rings. The number of azo groups is 1. The van der Waals surface area contributed by atoms with Gasteiger partial charge in [-0.2, -0.15) is 5.11 Å². The highest BCUT2D eigenvalue weighted by atomic mass is 35.5. The number of quaternary nitrogens is 1. The molecule has 2 bridgehead atoms. The molecular formula is C23H29Cl2N6O2+. The first kappa shape index (κ1) is 24.0. The molecule has 0 saturated carbocycles. The van der Waals surface area contributed by atoms with E-state index in [0.717, 1.165) is 25.1 Å². The number of piperazine rings is 3. The Morgan fingerprint density at radius 3 is 2.33 bits per heavy atom. The summed E-state index contributed by atoms with van der Waals surface area (Å²) in [4.78, 5) is 12.9. The van der Waals surface area contributed by atoms with Gasteiger partial charge in [-0.25, -0.2) is 0 Å². The van der Waals surface area contributed by atoms with E-state index in [1.807, 2.05) is 19.1 Å². The summed E-state index contributed by atoms with van der Waals surface area (Å²) in [5, 5.41) is 23.1. The normalized spacial score (nSPS) is 22.2. The quantitative estimate of drug-likeness (QED) is 0.177. The number of nitrogens with zero attached hydrogens (tertiary/aromatic N) is 5. The maximum absolute atomic E-state index is 10.9. The van der Waals surface area contributed by atoms with Crippen molar-refractivity contribution in [1.82, 2.24) is 10.2 Å². The van der Waals surface area contributed by atoms with E-state index in [2.05, 4.69) is 26.5 Å². The second-order valence-corrected chi connectivity index (χ2v) is 9.73. The highest BCUT2D eigenvalue weighted by Crippen LogP contribution is 2.38. The molecule has 176 valence electrons. The number of rotatable bonds is 9. The fourth-order valence-electron chi connectivity index (χ4n) is 4.58. The zero-order valence-corrected chi connectivity index (χ0v) is 20.3. The fourth-order valence-corrected chi connectivity index (χ4v) is 5.13. The van der Waals surface area contributed by atoms with E-state index in [-0.39, 0.29) is 21.4 Å². The van der Waals surface area contributed by atoms with Crippen LogP contribution in [0.4, 0.5) is 17.1 Å². The minimum atomic E-state index is -0.548. The summed E-state index contributed by atoms with van der Waals surface area (Å²) in [7, 11) is 0. The molecule has 3 saturated heterocycles. The molecule has 0 amide bonds. The number of nitro benzene ring substituents is 1. The minimum Gasteiger partial charge on any atom is -0.319 e. The van der Waals surface area contributed by atoms with Gasteiger partial charge in [0.25, 0.3) is 5.69 Å². The SMILES string of the molecule is Cc1cc(CCNCC[N+]23CCN(CC2)CC3)ccc1N=Nc1c(Cl)cc([N+](=O)[O-])cc1Cl. The maximum atomic E-state index is 10.9. The number of hydrogen-bond acceptors (Lipinski definition) is 6. The maximum Gasteiger partial charge on any atom is 0.272 e. The van der Waals surface area contributed by atoms with Gasteiger partial charge in [-0.05, 0) is 37.1 Å². The summed E-state index contributed by atoms with van der Waals surface area (Å²) in [6.45, 7) is 12.9. The van der Waals surface area contributed by atoms with E-state index in [0.29, 0.717) is 5.69 Å². The molecule has 3 heterocycles. The molecule has 0 unspecified atom stereocenters. The number of fused-ring (bicyclic) bond motifs is 3. The predicted octanol–water partition coefficient (Wildman–Crippen LogP) is 4.90. The van der Waals surface area contributed by atoms with E-state index in [4.69, 9.17) is 23.2 Å². The number of non-ortho nitro benzene ring substituents is 1. The average Bonchev–Trinajstić information content (AvgIpc) is 2.80. The Hall–Kier alpha value is -2.10. The van der Waals surface area contributed by atoms with Crippen LogP contribution in [0.25, 0.3) is 0 Å². The lowest BCUT2D eigenvalue weighted by molar-refractivity contribution is -0.939. The Kier molecular flexibility index (Phi) is 7.61. The number of halogens is 2. The molecule has 0 aromatic heterocycles. The van der Waals surface area contributed by atoms with E-state index >= 15 is 0 Å². The molecule has 8 nitrogen and oxygen atoms in total. The highest BCUT2D eigenvalue weighted by Gasteiger charge is 2.37. The van der Waals surface area contributed by atoms with Crippen molar-refractivity contribution in [1.29, 1.82) is 0 Å². The van der Waals surface area contributed by atoms with Crippen molar-refractivity contribution in [2.45, 2.75) is 13.3 Å². The Morgan fingerprint density at radius 2 is 1.73 bits per heavy atom. The van der Waals surface area contributed by atoms with Gasteiger partial charge in [-0.15, -0.1) is 5.11 Å². The van der Waals surface area contributed by atoms with Crippen LogP contribution in [0.1, 0.15) is 11.1 Å². The lowest BCUT2D eigenvalue weighted by Crippen LogP contribution is -2.68. The molecule has 10 heteroatoms. The Morgan fingerprint density at radius 1 is 1.06 bits per heavy atom. The Bertz CT molecular complexity index is 1020. The molecular weight excluding hydrogens is 463 g/mol. The van der Waals surface area contributed by atoms with Crippen molar-refractivity contribution in [2.75, 3.05) is 58.9 Å². The Labute approximate surface area is 203 Å². The second kappa shape index (κ2) is 10.4. The lowest BCUT2D eigenvalue weighted by atomic mass is 10.1. The molecule has 0 atom stereocenters. The molecule has 0 radical (unpaired) electrons. The Balaban J connectivity index is 1.29. The smallest absolute Gasteiger partial charge is 0.272 e. The van der Waals surface area contributed by atoms with E-state index in [1.54, 1.807) is 0 Å². The van der Waals surface area contributed by atoms with E-state index < -0.39 is 4.92 Å². The van der Waals surface area contributed by atoms with Gasteiger partial charge in [0.15, 0.2) is 0 Å². The monoisotopic (exact) mass is 491 g/mol. The molecule has 0 spiro atoms. The molecule has 0 aliphatic carbocycles. The van der Waals surface area contributed by atoms with Crippen molar-refractivity contribution in [2.24, 2.45) is 10.2 Å². The topological polar surface area (TPSA) is 83.1 Å². The molecule has 5 rings (SSSR count). The van der Waals surface area contributed by atoms with Gasteiger partial charge in [0.05, 0.1) is 46.8 Å². The molecule has 3 fully saturated rings. The predicted molar refractivity (Wildman–Crippen MR) is 131 cm³/mol. The van der Waals surface area contributed by atoms with E-state index in [9.17, 15) is 10.1 Å². The van der Waals surface area contributed by atoms with Crippen LogP contribution in [-0.4, -0.2) is 73.2 Å². The summed E-state index contributed by atoms with van der Waals surface area (Å²) in [5.41, 5.74) is 2.98. The van der Waals surface area contributed by atoms with Crippen LogP contribution in [0.15, 0.2) is 40.6 Å². The first-order valence-corrected chi connectivity index (χ1v) is 12.0. The lowest BCUT2D eigenvalue weighted by Gasteiger charge is -2.50. The van der Waals surface area contributed by atoms with Crippen LogP contribution in [0, 0.1) is 17.0 Å². The van der Waals surface area contributed by atoms with Gasteiger partial charge >= 0.3 is 0 Å². The zero-order chi connectivity index (χ0) is 23.4. The van der Waals surface area contributed by atoms with Gasteiger partial charge in [0, 0.05) is 38.3 Å². The standard InChI is InChI=1S/C23H29Cl2N6O2/c1-17-14-18(4-5-26-6-10-31-11-7-29(8-12-31)9-13-31)2-3-22(17)27-28-23-20(24)15-19(30(32)33)16-21(23)25/h2-3,14-16,26H,4-13H2,1H3/q+1. The van der Waals surface area contributed by atoms with Gasteiger partial charge in [0.2, 0.25) is 0 Å². The molecule has 2 aromatic carbocycles. The van der Waals surface area contributed by atoms with Gasteiger partial charge in [0.1, 0.15) is 5.69 Å².